The first-order chi connectivity index (χ1) is 10.2. The molecule has 0 aliphatic carbocycles. The van der Waals surface area contributed by atoms with Crippen LogP contribution < -0.4 is 5.32 Å². The Morgan fingerprint density at radius 2 is 2.19 bits per heavy atom. The van der Waals surface area contributed by atoms with E-state index in [4.69, 9.17) is 4.52 Å². The van der Waals surface area contributed by atoms with Gasteiger partial charge in [0.2, 0.25) is 11.8 Å². The minimum atomic E-state index is -0.106. The molecule has 4 nitrogen and oxygen atoms in total. The number of hydrogen-bond acceptors (Lipinski definition) is 4. The van der Waals surface area contributed by atoms with Crippen molar-refractivity contribution in [1.82, 2.24) is 5.16 Å². The zero-order valence-corrected chi connectivity index (χ0v) is 12.8. The molecule has 0 unspecified atom stereocenters. The molecule has 0 radical (unpaired) electrons. The summed E-state index contributed by atoms with van der Waals surface area (Å²) in [7, 11) is 0. The van der Waals surface area contributed by atoms with E-state index in [1.54, 1.807) is 12.1 Å². The molecule has 110 valence electrons. The van der Waals surface area contributed by atoms with Crippen molar-refractivity contribution >= 4 is 23.6 Å². The van der Waals surface area contributed by atoms with E-state index in [1.165, 1.54) is 17.3 Å². The summed E-state index contributed by atoms with van der Waals surface area (Å²) in [6, 6.07) is 9.86. The van der Waals surface area contributed by atoms with Crippen molar-refractivity contribution in [3.05, 3.63) is 48.6 Å². The van der Waals surface area contributed by atoms with Crippen LogP contribution in [0.25, 0.3) is 11.3 Å². The molecule has 0 aliphatic heterocycles. The zero-order chi connectivity index (χ0) is 15.1. The van der Waals surface area contributed by atoms with Crippen LogP contribution in [0.5, 0.6) is 0 Å². The molecule has 0 aliphatic rings. The minimum absolute atomic E-state index is 0.106. The van der Waals surface area contributed by atoms with Crippen LogP contribution in [0, 0.1) is 0 Å². The smallest absolute Gasteiger partial charge is 0.236 e. The number of carbonyl (C=O) groups is 1. The molecule has 5 heteroatoms. The van der Waals surface area contributed by atoms with E-state index in [2.05, 4.69) is 36.1 Å². The number of rotatable bonds is 7. The Morgan fingerprint density at radius 1 is 1.43 bits per heavy atom. The van der Waals surface area contributed by atoms with Gasteiger partial charge in [0.1, 0.15) is 5.69 Å². The fourth-order valence-corrected chi connectivity index (χ4v) is 2.33. The topological polar surface area (TPSA) is 55.1 Å². The van der Waals surface area contributed by atoms with Crippen LogP contribution >= 0.6 is 11.8 Å². The Balaban J connectivity index is 1.97. The van der Waals surface area contributed by atoms with Gasteiger partial charge < -0.3 is 4.52 Å². The summed E-state index contributed by atoms with van der Waals surface area (Å²) in [5.74, 6) is 1.38. The number of amides is 1. The Morgan fingerprint density at radius 3 is 2.86 bits per heavy atom. The number of hydrogen-bond donors (Lipinski definition) is 1. The molecule has 0 saturated heterocycles. The quantitative estimate of drug-likeness (QED) is 0.625. The number of anilines is 1. The SMILES string of the molecule is C=CCSCC(=O)Nc1cc(-c2ccc(CC)cc2)no1. The van der Waals surface area contributed by atoms with Crippen LogP contribution in [-0.2, 0) is 11.2 Å². The van der Waals surface area contributed by atoms with Gasteiger partial charge >= 0.3 is 0 Å². The maximum absolute atomic E-state index is 11.7. The Hall–Kier alpha value is -2.01. The molecule has 1 heterocycles. The fourth-order valence-electron chi connectivity index (χ4n) is 1.79. The van der Waals surface area contributed by atoms with Gasteiger partial charge in [-0.3, -0.25) is 10.1 Å². The van der Waals surface area contributed by atoms with E-state index in [0.29, 0.717) is 17.3 Å². The lowest BCUT2D eigenvalue weighted by Crippen LogP contribution is -2.13. The Bertz CT molecular complexity index is 605. The third-order valence-corrected chi connectivity index (χ3v) is 3.84. The van der Waals surface area contributed by atoms with Crippen LogP contribution in [0.3, 0.4) is 0 Å². The lowest BCUT2D eigenvalue weighted by molar-refractivity contribution is -0.113. The van der Waals surface area contributed by atoms with Gasteiger partial charge in [0, 0.05) is 17.4 Å². The average Bonchev–Trinajstić information content (AvgIpc) is 2.96. The van der Waals surface area contributed by atoms with Gasteiger partial charge in [-0.2, -0.15) is 0 Å². The van der Waals surface area contributed by atoms with Crippen molar-refractivity contribution in [2.45, 2.75) is 13.3 Å². The molecule has 1 N–H and O–H groups in total. The largest absolute Gasteiger partial charge is 0.338 e. The molecule has 0 spiro atoms. The normalized spacial score (nSPS) is 10.3. The molecular weight excluding hydrogens is 284 g/mol. The number of nitrogens with zero attached hydrogens (tertiary/aromatic N) is 1. The summed E-state index contributed by atoms with van der Waals surface area (Å²) in [5.41, 5.74) is 2.96. The fraction of sp³-hybridized carbons (Fsp3) is 0.250. The summed E-state index contributed by atoms with van der Waals surface area (Å²) in [5, 5.41) is 6.67. The summed E-state index contributed by atoms with van der Waals surface area (Å²) < 4.78 is 5.14. The molecular formula is C16H18N2O2S. The summed E-state index contributed by atoms with van der Waals surface area (Å²) >= 11 is 1.50. The van der Waals surface area contributed by atoms with E-state index in [-0.39, 0.29) is 5.91 Å². The van der Waals surface area contributed by atoms with E-state index >= 15 is 0 Å². The maximum atomic E-state index is 11.7. The number of aryl methyl sites for hydroxylation is 1. The summed E-state index contributed by atoms with van der Waals surface area (Å²) in [4.78, 5) is 11.7. The van der Waals surface area contributed by atoms with Gasteiger partial charge in [-0.15, -0.1) is 18.3 Å². The van der Waals surface area contributed by atoms with Crippen molar-refractivity contribution in [3.8, 4) is 11.3 Å². The molecule has 21 heavy (non-hydrogen) atoms. The monoisotopic (exact) mass is 302 g/mol. The van der Waals surface area contributed by atoms with Gasteiger partial charge in [0.05, 0.1) is 5.75 Å². The third kappa shape index (κ3) is 4.49. The van der Waals surface area contributed by atoms with Gasteiger partial charge in [-0.1, -0.05) is 42.4 Å². The molecule has 1 aromatic carbocycles. The maximum Gasteiger partial charge on any atom is 0.236 e. The summed E-state index contributed by atoms with van der Waals surface area (Å²) in [6.45, 7) is 5.72. The molecule has 2 rings (SSSR count). The van der Waals surface area contributed by atoms with Crippen molar-refractivity contribution in [2.75, 3.05) is 16.8 Å². The molecule has 0 saturated carbocycles. The number of benzene rings is 1. The second kappa shape index (κ2) is 7.69. The van der Waals surface area contributed by atoms with Gasteiger partial charge in [0.15, 0.2) is 0 Å². The van der Waals surface area contributed by atoms with Crippen molar-refractivity contribution < 1.29 is 9.32 Å². The number of thioether (sulfide) groups is 1. The van der Waals surface area contributed by atoms with Crippen LogP contribution in [0.1, 0.15) is 12.5 Å². The van der Waals surface area contributed by atoms with Gasteiger partial charge in [0.25, 0.3) is 0 Å². The van der Waals surface area contributed by atoms with E-state index < -0.39 is 0 Å². The summed E-state index contributed by atoms with van der Waals surface area (Å²) in [6.07, 6.45) is 2.77. The zero-order valence-electron chi connectivity index (χ0n) is 12.0. The van der Waals surface area contributed by atoms with Crippen molar-refractivity contribution in [1.29, 1.82) is 0 Å². The number of carbonyl (C=O) groups excluding carboxylic acids is 1. The van der Waals surface area contributed by atoms with E-state index in [9.17, 15) is 4.79 Å². The number of aromatic nitrogens is 1. The standard InChI is InChI=1S/C16H18N2O2S/c1-3-9-21-11-15(19)17-16-10-14(18-20-16)13-7-5-12(4-2)6-8-13/h3,5-8,10H,1,4,9,11H2,2H3,(H,17,19). The minimum Gasteiger partial charge on any atom is -0.338 e. The van der Waals surface area contributed by atoms with Crippen LogP contribution in [0.2, 0.25) is 0 Å². The molecule has 1 amide bonds. The highest BCUT2D eigenvalue weighted by Gasteiger charge is 2.09. The first kappa shape index (κ1) is 15.4. The first-order valence-corrected chi connectivity index (χ1v) is 7.93. The van der Waals surface area contributed by atoms with Crippen LogP contribution in [0.15, 0.2) is 47.5 Å². The van der Waals surface area contributed by atoms with Gasteiger partial charge in [-0.05, 0) is 12.0 Å². The second-order valence-electron chi connectivity index (χ2n) is 4.48. The van der Waals surface area contributed by atoms with Crippen LogP contribution in [-0.4, -0.2) is 22.6 Å². The molecule has 0 fully saturated rings. The third-order valence-electron chi connectivity index (χ3n) is 2.90. The van der Waals surface area contributed by atoms with E-state index in [0.717, 1.165) is 17.7 Å². The first-order valence-electron chi connectivity index (χ1n) is 6.77. The highest BCUT2D eigenvalue weighted by Crippen LogP contribution is 2.22. The molecule has 0 atom stereocenters. The van der Waals surface area contributed by atoms with Crippen molar-refractivity contribution in [3.63, 3.8) is 0 Å². The average molecular weight is 302 g/mol. The van der Waals surface area contributed by atoms with Crippen LogP contribution in [0.4, 0.5) is 5.88 Å². The highest BCUT2D eigenvalue weighted by molar-refractivity contribution is 8.00. The Kier molecular flexibility index (Phi) is 5.63. The Labute approximate surface area is 128 Å². The lowest BCUT2D eigenvalue weighted by atomic mass is 10.1. The highest BCUT2D eigenvalue weighted by atomic mass is 32.2. The van der Waals surface area contributed by atoms with E-state index in [1.807, 2.05) is 12.1 Å². The predicted molar refractivity (Wildman–Crippen MR) is 87.5 cm³/mol. The second-order valence-corrected chi connectivity index (χ2v) is 5.51. The van der Waals surface area contributed by atoms with Crippen molar-refractivity contribution in [2.24, 2.45) is 0 Å². The molecule has 0 bridgehead atoms. The molecule has 1 aromatic heterocycles. The van der Waals surface area contributed by atoms with Gasteiger partial charge in [-0.25, -0.2) is 0 Å². The lowest BCUT2D eigenvalue weighted by Gasteiger charge is -1.99. The number of nitrogens with one attached hydrogen (secondary N) is 1. The molecule has 2 aromatic rings. The predicted octanol–water partition coefficient (Wildman–Crippen LogP) is 3.76.